The Morgan fingerprint density at radius 3 is 2.61 bits per heavy atom. The number of aromatic amines is 1. The van der Waals surface area contributed by atoms with Gasteiger partial charge >= 0.3 is 0 Å². The van der Waals surface area contributed by atoms with E-state index in [1.807, 2.05) is 53.4 Å². The second-order valence-corrected chi connectivity index (χ2v) is 10.6. The molecular weight excluding hydrogens is 512 g/mol. The average molecular weight is 543 g/mol. The van der Waals surface area contributed by atoms with Crippen LogP contribution in [0.25, 0.3) is 10.9 Å². The van der Waals surface area contributed by atoms with Crippen molar-refractivity contribution in [2.75, 3.05) is 34.9 Å². The number of hydrogen-bond donors (Lipinski definition) is 4. The predicted octanol–water partition coefficient (Wildman–Crippen LogP) is 5.76. The summed E-state index contributed by atoms with van der Waals surface area (Å²) in [5.41, 5.74) is 14.6. The molecule has 0 saturated carbocycles. The van der Waals surface area contributed by atoms with Crippen LogP contribution < -0.4 is 21.3 Å². The number of hydrogen-bond acceptors (Lipinski definition) is 5. The summed E-state index contributed by atoms with van der Waals surface area (Å²) in [6.07, 6.45) is 0.675. The molecule has 5 N–H and O–H groups in total. The quantitative estimate of drug-likeness (QED) is 0.211. The summed E-state index contributed by atoms with van der Waals surface area (Å²) >= 11 is 0. The first kappa shape index (κ1) is 24.8. The van der Waals surface area contributed by atoms with E-state index in [1.54, 1.807) is 24.3 Å². The van der Waals surface area contributed by atoms with Crippen molar-refractivity contribution in [3.63, 3.8) is 0 Å². The minimum atomic E-state index is -0.213. The molecule has 1 atom stereocenters. The van der Waals surface area contributed by atoms with Gasteiger partial charge in [0.25, 0.3) is 11.8 Å². The van der Waals surface area contributed by atoms with Gasteiger partial charge in [-0.2, -0.15) is 0 Å². The van der Waals surface area contributed by atoms with E-state index in [0.717, 1.165) is 34.6 Å². The molecule has 1 aromatic heterocycles. The Balaban J connectivity index is 1.07. The molecule has 2 aliphatic heterocycles. The van der Waals surface area contributed by atoms with Crippen molar-refractivity contribution in [3.8, 4) is 0 Å². The lowest BCUT2D eigenvalue weighted by Crippen LogP contribution is -2.51. The van der Waals surface area contributed by atoms with Gasteiger partial charge in [-0.05, 0) is 66.1 Å². The van der Waals surface area contributed by atoms with Gasteiger partial charge < -0.3 is 31.2 Å². The van der Waals surface area contributed by atoms with Gasteiger partial charge in [0.2, 0.25) is 0 Å². The fraction of sp³-hybridized carbons (Fsp3) is 0.152. The molecule has 2 aliphatic rings. The van der Waals surface area contributed by atoms with Crippen molar-refractivity contribution in [2.24, 2.45) is 0 Å². The molecule has 0 saturated heterocycles. The highest BCUT2D eigenvalue weighted by Gasteiger charge is 2.41. The van der Waals surface area contributed by atoms with Gasteiger partial charge in [0.05, 0.1) is 28.3 Å². The van der Waals surface area contributed by atoms with E-state index in [0.29, 0.717) is 35.6 Å². The van der Waals surface area contributed by atoms with Gasteiger partial charge in [0.1, 0.15) is 6.17 Å². The summed E-state index contributed by atoms with van der Waals surface area (Å²) in [7, 11) is 2.06. The summed E-state index contributed by atoms with van der Waals surface area (Å²) in [5.74, 6) is -0.166. The Labute approximate surface area is 237 Å². The highest BCUT2D eigenvalue weighted by Crippen LogP contribution is 2.43. The Bertz CT molecular complexity index is 1810. The molecule has 7 rings (SSSR count). The summed E-state index contributed by atoms with van der Waals surface area (Å²) in [6.45, 7) is 1.23. The number of anilines is 4. The first-order valence-electron chi connectivity index (χ1n) is 13.7. The summed E-state index contributed by atoms with van der Waals surface area (Å²) < 4.78 is 0. The van der Waals surface area contributed by atoms with Crippen LogP contribution in [0.15, 0.2) is 91.0 Å². The van der Waals surface area contributed by atoms with E-state index in [4.69, 9.17) is 5.73 Å². The highest BCUT2D eigenvalue weighted by atomic mass is 16.2. The molecule has 41 heavy (non-hydrogen) atoms. The van der Waals surface area contributed by atoms with Crippen LogP contribution in [-0.4, -0.2) is 35.3 Å². The maximum Gasteiger partial charge on any atom is 0.257 e. The van der Waals surface area contributed by atoms with Gasteiger partial charge in [-0.15, -0.1) is 0 Å². The Morgan fingerprint density at radius 1 is 1.00 bits per heavy atom. The maximum atomic E-state index is 13.7. The zero-order valence-corrected chi connectivity index (χ0v) is 22.6. The Morgan fingerprint density at radius 2 is 1.78 bits per heavy atom. The molecule has 204 valence electrons. The maximum absolute atomic E-state index is 13.7. The summed E-state index contributed by atoms with van der Waals surface area (Å²) in [5, 5.41) is 7.53. The number of rotatable bonds is 5. The van der Waals surface area contributed by atoms with Crippen LogP contribution in [0.5, 0.6) is 0 Å². The van der Waals surface area contributed by atoms with Crippen LogP contribution in [0.1, 0.15) is 43.7 Å². The number of aromatic nitrogens is 1. The van der Waals surface area contributed by atoms with Gasteiger partial charge in [0, 0.05) is 42.3 Å². The number of nitrogens with two attached hydrogens (primary N) is 1. The van der Waals surface area contributed by atoms with E-state index >= 15 is 0 Å². The average Bonchev–Trinajstić information content (AvgIpc) is 3.38. The van der Waals surface area contributed by atoms with Gasteiger partial charge in [-0.25, -0.2) is 0 Å². The molecule has 0 spiro atoms. The first-order chi connectivity index (χ1) is 20.0. The monoisotopic (exact) mass is 542 g/mol. The number of carbonyl (C=O) groups excluding carboxylic acids is 2. The zero-order chi connectivity index (χ0) is 28.1. The molecule has 5 aromatic rings. The second kappa shape index (κ2) is 9.75. The van der Waals surface area contributed by atoms with Crippen molar-refractivity contribution in [1.82, 2.24) is 9.88 Å². The molecule has 0 radical (unpaired) electrons. The van der Waals surface area contributed by atoms with Crippen molar-refractivity contribution < 1.29 is 9.59 Å². The lowest BCUT2D eigenvalue weighted by molar-refractivity contribution is 0.0634. The smallest absolute Gasteiger partial charge is 0.257 e. The largest absolute Gasteiger partial charge is 0.397 e. The number of para-hydroxylation sites is 3. The number of nitrogens with zero attached hydrogens (tertiary/aromatic N) is 2. The van der Waals surface area contributed by atoms with Crippen LogP contribution in [-0.2, 0) is 13.0 Å². The number of amides is 2. The fourth-order valence-electron chi connectivity index (χ4n) is 6.03. The van der Waals surface area contributed by atoms with Gasteiger partial charge in [0.15, 0.2) is 0 Å². The van der Waals surface area contributed by atoms with Crippen LogP contribution >= 0.6 is 0 Å². The molecule has 0 unspecified atom stereocenters. The van der Waals surface area contributed by atoms with Crippen molar-refractivity contribution in [3.05, 3.63) is 119 Å². The Kier molecular flexibility index (Phi) is 5.89. The second-order valence-electron chi connectivity index (χ2n) is 10.6. The third kappa shape index (κ3) is 4.24. The van der Waals surface area contributed by atoms with Crippen molar-refractivity contribution in [2.45, 2.75) is 19.1 Å². The highest BCUT2D eigenvalue weighted by molar-refractivity contribution is 6.06. The predicted molar refractivity (Wildman–Crippen MR) is 163 cm³/mol. The molecule has 0 aliphatic carbocycles. The molecule has 3 heterocycles. The number of nitrogens with one attached hydrogen (secondary N) is 3. The lowest BCUT2D eigenvalue weighted by atomic mass is 9.96. The number of carbonyl (C=O) groups is 2. The van der Waals surface area contributed by atoms with Crippen LogP contribution in [0.4, 0.5) is 22.7 Å². The van der Waals surface area contributed by atoms with Crippen LogP contribution in [0, 0.1) is 0 Å². The van der Waals surface area contributed by atoms with Gasteiger partial charge in [-0.1, -0.05) is 42.5 Å². The summed E-state index contributed by atoms with van der Waals surface area (Å²) in [4.78, 5) is 34.1. The normalized spacial score (nSPS) is 15.7. The Hall–Kier alpha value is -5.24. The topological polar surface area (TPSA) is 106 Å². The SMILES string of the molecule is CN1c2ccc(NCc3ccc(C(=O)Nc4ccccc4N)cc3)cc2C(=O)N2CCc3c([nH]c4ccccc34)[C@H]21. The minimum Gasteiger partial charge on any atom is -0.397 e. The van der Waals surface area contributed by atoms with E-state index in [2.05, 4.69) is 45.8 Å². The van der Waals surface area contributed by atoms with Crippen LogP contribution in [0.3, 0.4) is 0 Å². The number of H-pyrrole nitrogens is 1. The molecule has 8 heteroatoms. The third-order valence-corrected chi connectivity index (χ3v) is 8.16. The van der Waals surface area contributed by atoms with Crippen LogP contribution in [0.2, 0.25) is 0 Å². The zero-order valence-electron chi connectivity index (χ0n) is 22.6. The molecule has 8 nitrogen and oxygen atoms in total. The van der Waals surface area contributed by atoms with E-state index in [9.17, 15) is 9.59 Å². The third-order valence-electron chi connectivity index (χ3n) is 8.16. The first-order valence-corrected chi connectivity index (χ1v) is 13.7. The van der Waals surface area contributed by atoms with Crippen molar-refractivity contribution in [1.29, 1.82) is 0 Å². The molecular formula is C33H30N6O2. The lowest BCUT2D eigenvalue weighted by Gasteiger charge is -2.46. The van der Waals surface area contributed by atoms with E-state index in [-0.39, 0.29) is 18.0 Å². The number of benzene rings is 4. The van der Waals surface area contributed by atoms with Gasteiger partial charge in [-0.3, -0.25) is 9.59 Å². The number of fused-ring (bicyclic) bond motifs is 6. The van der Waals surface area contributed by atoms with Crippen molar-refractivity contribution >= 4 is 45.5 Å². The molecule has 2 amide bonds. The minimum absolute atomic E-state index is 0.0467. The molecule has 0 fully saturated rings. The standard InChI is InChI=1S/C33H30N6O2/c1-38-29-15-14-22(35-19-20-10-12-21(13-11-20)31(40)37-28-9-5-3-7-26(28)34)18-25(29)33(41)39-17-16-24-23-6-2-4-8-27(23)36-30(24)32(38)39/h2-15,18,32,35-36H,16-17,19,34H2,1H3,(H,37,40)/t32-/m0/s1. The summed E-state index contributed by atoms with van der Waals surface area (Å²) in [6, 6.07) is 28.9. The number of nitrogen functional groups attached to an aromatic ring is 1. The fourth-order valence-corrected chi connectivity index (χ4v) is 6.03. The molecule has 4 aromatic carbocycles. The van der Waals surface area contributed by atoms with E-state index < -0.39 is 0 Å². The molecule has 0 bridgehead atoms. The van der Waals surface area contributed by atoms with E-state index in [1.165, 1.54) is 10.9 Å².